The van der Waals surface area contributed by atoms with Gasteiger partial charge in [-0.1, -0.05) is 6.07 Å². The van der Waals surface area contributed by atoms with Crippen molar-refractivity contribution in [2.24, 2.45) is 0 Å². The molecule has 0 radical (unpaired) electrons. The molecule has 1 fully saturated rings. The van der Waals surface area contributed by atoms with Gasteiger partial charge < -0.3 is 14.8 Å². The molecule has 1 saturated heterocycles. The number of hydrogen-bond acceptors (Lipinski definition) is 5. The summed E-state index contributed by atoms with van der Waals surface area (Å²) in [5.74, 6) is 0.362. The molecule has 1 unspecified atom stereocenters. The van der Waals surface area contributed by atoms with Crippen molar-refractivity contribution in [2.45, 2.75) is 19.2 Å². The summed E-state index contributed by atoms with van der Waals surface area (Å²) in [5.41, 5.74) is 2.19. The molecule has 0 amide bonds. The maximum absolute atomic E-state index is 12.5. The average Bonchev–Trinajstić information content (AvgIpc) is 2.64. The van der Waals surface area contributed by atoms with Gasteiger partial charge in [0.1, 0.15) is 0 Å². The van der Waals surface area contributed by atoms with E-state index >= 15 is 0 Å². The number of nitrogens with one attached hydrogen (secondary N) is 1. The van der Waals surface area contributed by atoms with E-state index in [0.29, 0.717) is 12.3 Å². The van der Waals surface area contributed by atoms with Crippen molar-refractivity contribution in [1.82, 2.24) is 15.2 Å². The number of alkyl halides is 2. The highest BCUT2D eigenvalue weighted by molar-refractivity contribution is 5.43. The number of pyridine rings is 1. The van der Waals surface area contributed by atoms with Crippen LogP contribution in [-0.2, 0) is 6.54 Å². The summed E-state index contributed by atoms with van der Waals surface area (Å²) in [4.78, 5) is 6.43. The number of piperazine rings is 1. The molecule has 5 nitrogen and oxygen atoms in total. The molecule has 25 heavy (non-hydrogen) atoms. The lowest BCUT2D eigenvalue weighted by atomic mass is 10.0. The van der Waals surface area contributed by atoms with Crippen LogP contribution in [0.3, 0.4) is 0 Å². The summed E-state index contributed by atoms with van der Waals surface area (Å²) in [6.45, 7) is 0.479. The van der Waals surface area contributed by atoms with Crippen molar-refractivity contribution in [2.75, 3.05) is 26.7 Å². The predicted octanol–water partition coefficient (Wildman–Crippen LogP) is 2.84. The molecule has 1 aromatic carbocycles. The summed E-state index contributed by atoms with van der Waals surface area (Å²) >= 11 is 0. The molecule has 0 bridgehead atoms. The molecular formula is C18H21F2N3O2. The van der Waals surface area contributed by atoms with Gasteiger partial charge in [0.05, 0.1) is 7.11 Å². The fraction of sp³-hybridized carbons (Fsp3) is 0.389. The van der Waals surface area contributed by atoms with E-state index in [4.69, 9.17) is 4.74 Å². The van der Waals surface area contributed by atoms with Crippen LogP contribution in [0.15, 0.2) is 42.7 Å². The molecule has 1 N–H and O–H groups in total. The second-order valence-electron chi connectivity index (χ2n) is 5.83. The SMILES string of the molecule is COc1cc(CN2CCNCC2c2ccncc2)ccc1OC(F)F. The van der Waals surface area contributed by atoms with E-state index in [1.165, 1.54) is 18.7 Å². The van der Waals surface area contributed by atoms with E-state index in [1.54, 1.807) is 24.5 Å². The number of rotatable bonds is 6. The summed E-state index contributed by atoms with van der Waals surface area (Å²) in [7, 11) is 1.45. The van der Waals surface area contributed by atoms with Crippen molar-refractivity contribution in [3.8, 4) is 11.5 Å². The summed E-state index contributed by atoms with van der Waals surface area (Å²) < 4.78 is 34.6. The van der Waals surface area contributed by atoms with E-state index in [-0.39, 0.29) is 11.8 Å². The number of ether oxygens (including phenoxy) is 2. The summed E-state index contributed by atoms with van der Waals surface area (Å²) in [5, 5.41) is 3.41. The van der Waals surface area contributed by atoms with Crippen LogP contribution in [0.1, 0.15) is 17.2 Å². The van der Waals surface area contributed by atoms with E-state index in [1.807, 2.05) is 12.1 Å². The van der Waals surface area contributed by atoms with Gasteiger partial charge in [-0.05, 0) is 35.4 Å². The lowest BCUT2D eigenvalue weighted by molar-refractivity contribution is -0.0512. The average molecular weight is 349 g/mol. The Kier molecular flexibility index (Phi) is 5.78. The topological polar surface area (TPSA) is 46.6 Å². The molecule has 2 aromatic rings. The van der Waals surface area contributed by atoms with Gasteiger partial charge in [0, 0.05) is 44.6 Å². The number of methoxy groups -OCH3 is 1. The van der Waals surface area contributed by atoms with Crippen molar-refractivity contribution in [3.05, 3.63) is 53.9 Å². The van der Waals surface area contributed by atoms with Crippen LogP contribution in [0.4, 0.5) is 8.78 Å². The summed E-state index contributed by atoms with van der Waals surface area (Å²) in [6.07, 6.45) is 3.59. The first kappa shape index (κ1) is 17.6. The van der Waals surface area contributed by atoms with Gasteiger partial charge in [-0.25, -0.2) is 0 Å². The third-order valence-corrected chi connectivity index (χ3v) is 4.27. The number of nitrogens with zero attached hydrogens (tertiary/aromatic N) is 2. The number of benzene rings is 1. The first-order valence-corrected chi connectivity index (χ1v) is 8.14. The normalized spacial score (nSPS) is 18.3. The molecule has 0 saturated carbocycles. The Bertz CT molecular complexity index is 685. The minimum absolute atomic E-state index is 0.0484. The lowest BCUT2D eigenvalue weighted by Gasteiger charge is -2.36. The number of halogens is 2. The molecular weight excluding hydrogens is 328 g/mol. The molecule has 2 heterocycles. The Morgan fingerprint density at radius 3 is 2.76 bits per heavy atom. The molecule has 134 valence electrons. The third-order valence-electron chi connectivity index (χ3n) is 4.27. The van der Waals surface area contributed by atoms with Crippen LogP contribution >= 0.6 is 0 Å². The van der Waals surface area contributed by atoms with E-state index in [2.05, 4.69) is 19.9 Å². The van der Waals surface area contributed by atoms with Crippen molar-refractivity contribution in [3.63, 3.8) is 0 Å². The van der Waals surface area contributed by atoms with E-state index in [9.17, 15) is 8.78 Å². The molecule has 1 aromatic heterocycles. The van der Waals surface area contributed by atoms with Crippen LogP contribution in [0.5, 0.6) is 11.5 Å². The van der Waals surface area contributed by atoms with Gasteiger partial charge in [0.25, 0.3) is 0 Å². The second-order valence-corrected chi connectivity index (χ2v) is 5.83. The Balaban J connectivity index is 1.77. The first-order chi connectivity index (χ1) is 12.2. The van der Waals surface area contributed by atoms with Crippen LogP contribution in [0, 0.1) is 0 Å². The monoisotopic (exact) mass is 349 g/mol. The van der Waals surface area contributed by atoms with Gasteiger partial charge in [-0.15, -0.1) is 0 Å². The maximum Gasteiger partial charge on any atom is 0.387 e. The molecule has 1 atom stereocenters. The number of hydrogen-bond donors (Lipinski definition) is 1. The molecule has 7 heteroatoms. The third kappa shape index (κ3) is 4.43. The number of aromatic nitrogens is 1. The van der Waals surface area contributed by atoms with Crippen molar-refractivity contribution in [1.29, 1.82) is 0 Å². The molecule has 1 aliphatic rings. The standard InChI is InChI=1S/C18H21F2N3O2/c1-24-17-10-13(2-3-16(17)25-18(19)20)12-23-9-8-22-11-15(23)14-4-6-21-7-5-14/h2-7,10,15,18,22H,8-9,11-12H2,1H3. The fourth-order valence-corrected chi connectivity index (χ4v) is 3.09. The highest BCUT2D eigenvalue weighted by Crippen LogP contribution is 2.31. The fourth-order valence-electron chi connectivity index (χ4n) is 3.09. The Labute approximate surface area is 145 Å². The smallest absolute Gasteiger partial charge is 0.387 e. The zero-order chi connectivity index (χ0) is 17.6. The van der Waals surface area contributed by atoms with Crippen LogP contribution in [-0.4, -0.2) is 43.2 Å². The first-order valence-electron chi connectivity index (χ1n) is 8.14. The largest absolute Gasteiger partial charge is 0.493 e. The minimum atomic E-state index is -2.87. The van der Waals surface area contributed by atoms with Gasteiger partial charge in [0.2, 0.25) is 0 Å². The van der Waals surface area contributed by atoms with Gasteiger partial charge in [0.15, 0.2) is 11.5 Å². The predicted molar refractivity (Wildman–Crippen MR) is 89.9 cm³/mol. The van der Waals surface area contributed by atoms with Crippen LogP contribution in [0.25, 0.3) is 0 Å². The summed E-state index contributed by atoms with van der Waals surface area (Å²) in [6, 6.07) is 9.36. The lowest BCUT2D eigenvalue weighted by Crippen LogP contribution is -2.45. The van der Waals surface area contributed by atoms with Crippen molar-refractivity contribution < 1.29 is 18.3 Å². The van der Waals surface area contributed by atoms with Gasteiger partial charge in [-0.3, -0.25) is 9.88 Å². The maximum atomic E-state index is 12.5. The quantitative estimate of drug-likeness (QED) is 0.869. The van der Waals surface area contributed by atoms with E-state index in [0.717, 1.165) is 25.2 Å². The zero-order valence-electron chi connectivity index (χ0n) is 14.0. The Morgan fingerprint density at radius 1 is 1.24 bits per heavy atom. The highest BCUT2D eigenvalue weighted by Gasteiger charge is 2.24. The van der Waals surface area contributed by atoms with Gasteiger partial charge in [-0.2, -0.15) is 8.78 Å². The minimum Gasteiger partial charge on any atom is -0.493 e. The van der Waals surface area contributed by atoms with E-state index < -0.39 is 6.61 Å². The molecule has 0 spiro atoms. The van der Waals surface area contributed by atoms with Gasteiger partial charge >= 0.3 is 6.61 Å². The van der Waals surface area contributed by atoms with Crippen LogP contribution < -0.4 is 14.8 Å². The van der Waals surface area contributed by atoms with Crippen molar-refractivity contribution >= 4 is 0 Å². The molecule has 1 aliphatic heterocycles. The molecule has 3 rings (SSSR count). The highest BCUT2D eigenvalue weighted by atomic mass is 19.3. The molecule has 0 aliphatic carbocycles. The Morgan fingerprint density at radius 2 is 2.04 bits per heavy atom. The second kappa shape index (κ2) is 8.22. The Hall–Kier alpha value is -2.25. The zero-order valence-corrected chi connectivity index (χ0v) is 14.0. The van der Waals surface area contributed by atoms with Crippen LogP contribution in [0.2, 0.25) is 0 Å².